The molecule has 2 N–H and O–H groups in total. The lowest BCUT2D eigenvalue weighted by molar-refractivity contribution is 0.0303. The van der Waals surface area contributed by atoms with E-state index < -0.39 is 0 Å². The van der Waals surface area contributed by atoms with Crippen molar-refractivity contribution in [3.63, 3.8) is 0 Å². The summed E-state index contributed by atoms with van der Waals surface area (Å²) >= 11 is 4.43. The minimum absolute atomic E-state index is 0.00467. The fourth-order valence-corrected chi connectivity index (χ4v) is 3.97. The molecule has 0 bridgehead atoms. The maximum absolute atomic E-state index is 12.7. The van der Waals surface area contributed by atoms with Crippen molar-refractivity contribution in [2.24, 2.45) is 0 Å². The Bertz CT molecular complexity index is 1120. The van der Waals surface area contributed by atoms with Gasteiger partial charge in [-0.05, 0) is 35.2 Å². The summed E-state index contributed by atoms with van der Waals surface area (Å²) in [6.45, 7) is 6.66. The second-order valence-corrected chi connectivity index (χ2v) is 8.49. The summed E-state index contributed by atoms with van der Waals surface area (Å²) in [4.78, 5) is 14.5. The molecule has 4 rings (SSSR count). The second kappa shape index (κ2) is 9.22. The zero-order chi connectivity index (χ0) is 22.8. The van der Waals surface area contributed by atoms with Gasteiger partial charge in [0.25, 0.3) is 5.91 Å². The molecule has 1 aliphatic rings. The molecule has 0 spiro atoms. The first-order valence-electron chi connectivity index (χ1n) is 10.5. The standard InChI is InChI=1S/C23H26N4O4S/c1-14(2)17-11-18(20(29)12-19(17)28)21-24-25-23(32)27(21)13-15-3-5-16(6-4-15)22(30)26-7-9-31-10-8-26/h3-6,11-12,14,28-29H,7-10,13H2,1-2H3,(H,25,32). The summed E-state index contributed by atoms with van der Waals surface area (Å²) in [5.41, 5.74) is 2.74. The van der Waals surface area contributed by atoms with Gasteiger partial charge in [0.2, 0.25) is 0 Å². The number of hydrogen-bond acceptors (Lipinski definition) is 7. The van der Waals surface area contributed by atoms with Crippen LogP contribution in [0.4, 0.5) is 0 Å². The molecule has 1 amide bonds. The van der Waals surface area contributed by atoms with Crippen LogP contribution < -0.4 is 0 Å². The van der Waals surface area contributed by atoms with Crippen LogP contribution >= 0.6 is 12.6 Å². The number of aromatic hydroxyl groups is 2. The van der Waals surface area contributed by atoms with Crippen molar-refractivity contribution in [3.8, 4) is 22.9 Å². The highest BCUT2D eigenvalue weighted by Gasteiger charge is 2.20. The number of morpholine rings is 1. The number of rotatable bonds is 5. The molecular weight excluding hydrogens is 428 g/mol. The van der Waals surface area contributed by atoms with E-state index in [-0.39, 0.29) is 23.3 Å². The minimum Gasteiger partial charge on any atom is -0.508 e. The van der Waals surface area contributed by atoms with Crippen molar-refractivity contribution in [3.05, 3.63) is 53.1 Å². The fraction of sp³-hybridized carbons (Fsp3) is 0.348. The Morgan fingerprint density at radius 1 is 1.09 bits per heavy atom. The highest BCUT2D eigenvalue weighted by molar-refractivity contribution is 7.80. The number of thiol groups is 1. The molecule has 2 aromatic carbocycles. The van der Waals surface area contributed by atoms with Crippen molar-refractivity contribution in [1.82, 2.24) is 19.7 Å². The molecule has 1 fully saturated rings. The van der Waals surface area contributed by atoms with E-state index >= 15 is 0 Å². The third-order valence-corrected chi connectivity index (χ3v) is 5.91. The van der Waals surface area contributed by atoms with Gasteiger partial charge in [-0.2, -0.15) is 0 Å². The van der Waals surface area contributed by atoms with Gasteiger partial charge < -0.3 is 19.8 Å². The predicted molar refractivity (Wildman–Crippen MR) is 122 cm³/mol. The van der Waals surface area contributed by atoms with Gasteiger partial charge in [0.05, 0.1) is 25.3 Å². The fourth-order valence-electron chi connectivity index (χ4n) is 3.76. The largest absolute Gasteiger partial charge is 0.508 e. The van der Waals surface area contributed by atoms with Crippen LogP contribution in [0, 0.1) is 0 Å². The van der Waals surface area contributed by atoms with Crippen LogP contribution in [0.5, 0.6) is 11.5 Å². The van der Waals surface area contributed by atoms with Gasteiger partial charge in [0, 0.05) is 24.7 Å². The maximum atomic E-state index is 12.7. The zero-order valence-corrected chi connectivity index (χ0v) is 18.9. The van der Waals surface area contributed by atoms with E-state index in [4.69, 9.17) is 4.74 Å². The first kappa shape index (κ1) is 22.2. The molecule has 0 unspecified atom stereocenters. The van der Waals surface area contributed by atoms with E-state index in [0.29, 0.717) is 60.5 Å². The Balaban J connectivity index is 1.60. The number of nitrogens with zero attached hydrogens (tertiary/aromatic N) is 4. The number of phenols is 2. The van der Waals surface area contributed by atoms with Crippen molar-refractivity contribution in [2.45, 2.75) is 31.5 Å². The molecule has 1 aromatic heterocycles. The molecule has 1 saturated heterocycles. The van der Waals surface area contributed by atoms with Crippen LogP contribution in [0.15, 0.2) is 41.6 Å². The number of amides is 1. The average Bonchev–Trinajstić information content (AvgIpc) is 3.14. The molecular formula is C23H26N4O4S. The summed E-state index contributed by atoms with van der Waals surface area (Å²) in [6, 6.07) is 10.5. The van der Waals surface area contributed by atoms with Crippen molar-refractivity contribution in [2.75, 3.05) is 26.3 Å². The Kier molecular flexibility index (Phi) is 6.38. The summed E-state index contributed by atoms with van der Waals surface area (Å²) in [5, 5.41) is 29.3. The molecule has 0 radical (unpaired) electrons. The third-order valence-electron chi connectivity index (χ3n) is 5.58. The summed E-state index contributed by atoms with van der Waals surface area (Å²) < 4.78 is 7.09. The first-order valence-corrected chi connectivity index (χ1v) is 10.9. The second-order valence-electron chi connectivity index (χ2n) is 8.09. The van der Waals surface area contributed by atoms with E-state index in [0.717, 1.165) is 5.56 Å². The molecule has 9 heteroatoms. The number of aromatic nitrogens is 3. The van der Waals surface area contributed by atoms with Gasteiger partial charge >= 0.3 is 0 Å². The van der Waals surface area contributed by atoms with Gasteiger partial charge in [0.1, 0.15) is 11.5 Å². The van der Waals surface area contributed by atoms with Crippen LogP contribution in [0.3, 0.4) is 0 Å². The summed E-state index contributed by atoms with van der Waals surface area (Å²) in [5.74, 6) is 0.467. The average molecular weight is 455 g/mol. The van der Waals surface area contributed by atoms with Gasteiger partial charge in [-0.25, -0.2) is 0 Å². The summed E-state index contributed by atoms with van der Waals surface area (Å²) in [6.07, 6.45) is 0. The number of carbonyl (C=O) groups is 1. The van der Waals surface area contributed by atoms with Crippen LogP contribution in [0.2, 0.25) is 0 Å². The monoisotopic (exact) mass is 454 g/mol. The lowest BCUT2D eigenvalue weighted by Gasteiger charge is -2.26. The van der Waals surface area contributed by atoms with E-state index in [9.17, 15) is 15.0 Å². The lowest BCUT2D eigenvalue weighted by Crippen LogP contribution is -2.40. The van der Waals surface area contributed by atoms with E-state index in [1.165, 1.54) is 6.07 Å². The number of ether oxygens (including phenoxy) is 1. The molecule has 0 aliphatic carbocycles. The normalized spacial score (nSPS) is 14.2. The Morgan fingerprint density at radius 2 is 1.78 bits per heavy atom. The zero-order valence-electron chi connectivity index (χ0n) is 18.0. The molecule has 8 nitrogen and oxygen atoms in total. The Hall–Kier alpha value is -3.04. The Labute approximate surface area is 191 Å². The Morgan fingerprint density at radius 3 is 2.44 bits per heavy atom. The minimum atomic E-state index is -0.0830. The quantitative estimate of drug-likeness (QED) is 0.512. The van der Waals surface area contributed by atoms with Gasteiger partial charge in [-0.15, -0.1) is 22.8 Å². The molecule has 1 aliphatic heterocycles. The van der Waals surface area contributed by atoms with Crippen LogP contribution in [0.25, 0.3) is 11.4 Å². The predicted octanol–water partition coefficient (Wildman–Crippen LogP) is 3.29. The topological polar surface area (TPSA) is 101 Å². The highest BCUT2D eigenvalue weighted by Crippen LogP contribution is 2.37. The van der Waals surface area contributed by atoms with Crippen molar-refractivity contribution >= 4 is 18.5 Å². The molecule has 168 valence electrons. The van der Waals surface area contributed by atoms with Gasteiger partial charge in [0.15, 0.2) is 11.0 Å². The van der Waals surface area contributed by atoms with Crippen LogP contribution in [-0.4, -0.2) is 62.1 Å². The molecule has 0 atom stereocenters. The number of phenolic OH excluding ortho intramolecular Hbond substituents is 2. The van der Waals surface area contributed by atoms with Gasteiger partial charge in [-0.1, -0.05) is 26.0 Å². The molecule has 3 aromatic rings. The van der Waals surface area contributed by atoms with Gasteiger partial charge in [-0.3, -0.25) is 9.36 Å². The summed E-state index contributed by atoms with van der Waals surface area (Å²) in [7, 11) is 0. The smallest absolute Gasteiger partial charge is 0.254 e. The maximum Gasteiger partial charge on any atom is 0.254 e. The third kappa shape index (κ3) is 4.44. The number of hydrogen-bond donors (Lipinski definition) is 3. The van der Waals surface area contributed by atoms with Crippen molar-refractivity contribution in [1.29, 1.82) is 0 Å². The van der Waals surface area contributed by atoms with E-state index in [2.05, 4.69) is 22.8 Å². The van der Waals surface area contributed by atoms with E-state index in [1.807, 2.05) is 38.1 Å². The molecule has 0 saturated carbocycles. The molecule has 32 heavy (non-hydrogen) atoms. The van der Waals surface area contributed by atoms with Crippen LogP contribution in [0.1, 0.15) is 41.3 Å². The first-order chi connectivity index (χ1) is 15.3. The molecule has 2 heterocycles. The highest BCUT2D eigenvalue weighted by atomic mass is 32.1. The lowest BCUT2D eigenvalue weighted by atomic mass is 9.98. The van der Waals surface area contributed by atoms with E-state index in [1.54, 1.807) is 15.5 Å². The SMILES string of the molecule is CC(C)c1cc(-c2nnc(S)n2Cc2ccc(C(=O)N3CCOCC3)cc2)c(O)cc1O. The number of carbonyl (C=O) groups excluding carboxylic acids is 1. The number of benzene rings is 2. The van der Waals surface area contributed by atoms with Crippen LogP contribution in [-0.2, 0) is 11.3 Å². The van der Waals surface area contributed by atoms with Crippen molar-refractivity contribution < 1.29 is 19.7 Å².